The number of aliphatic hydroxyl groups is 2. The van der Waals surface area contributed by atoms with Crippen LogP contribution >= 0.6 is 0 Å². The van der Waals surface area contributed by atoms with Crippen LogP contribution in [0.5, 0.6) is 0 Å². The summed E-state index contributed by atoms with van der Waals surface area (Å²) >= 11 is 0. The van der Waals surface area contributed by atoms with Crippen molar-refractivity contribution in [2.24, 2.45) is 34.5 Å². The van der Waals surface area contributed by atoms with E-state index in [-0.39, 0.29) is 29.4 Å². The van der Waals surface area contributed by atoms with Gasteiger partial charge in [-0.15, -0.1) is 0 Å². The summed E-state index contributed by atoms with van der Waals surface area (Å²) in [6.07, 6.45) is 2.07. The first-order valence-electron chi connectivity index (χ1n) is 9.65. The highest BCUT2D eigenvalue weighted by molar-refractivity contribution is 5.54. The van der Waals surface area contributed by atoms with Crippen molar-refractivity contribution in [2.75, 3.05) is 0 Å². The van der Waals surface area contributed by atoms with E-state index in [1.54, 1.807) is 33.6 Å². The van der Waals surface area contributed by atoms with Crippen LogP contribution in [0.4, 0.5) is 0 Å². The van der Waals surface area contributed by atoms with Crippen LogP contribution in [0.3, 0.4) is 0 Å². The molecule has 27 heavy (non-hydrogen) atoms. The Morgan fingerprint density at radius 3 is 1.81 bits per heavy atom. The Hall–Kier alpha value is -2.38. The summed E-state index contributed by atoms with van der Waals surface area (Å²) in [4.78, 5) is 26.7. The molecule has 9 rings (SSSR count). The number of nitrogens with zero attached hydrogens (tertiary/aromatic N) is 3. The lowest BCUT2D eigenvalue weighted by Crippen LogP contribution is -2.59. The largest absolute Gasteiger partial charge is 0.388 e. The average molecular weight is 363 g/mol. The Morgan fingerprint density at radius 1 is 0.778 bits per heavy atom. The summed E-state index contributed by atoms with van der Waals surface area (Å²) in [7, 11) is 0. The first-order chi connectivity index (χ1) is 13.1. The fourth-order valence-electron chi connectivity index (χ4n) is 8.69. The van der Waals surface area contributed by atoms with Gasteiger partial charge in [-0.2, -0.15) is 0 Å². The number of hydrogen-bond acceptors (Lipinski definition) is 4. The Labute approximate surface area is 152 Å². The Morgan fingerprint density at radius 2 is 1.30 bits per heavy atom. The average Bonchev–Trinajstić information content (AvgIpc) is 3.45. The molecule has 5 aliphatic carbocycles. The molecule has 1 aromatic carbocycles. The zero-order valence-corrected chi connectivity index (χ0v) is 14.2. The van der Waals surface area contributed by atoms with Gasteiger partial charge in [0, 0.05) is 10.8 Å². The van der Waals surface area contributed by atoms with Crippen molar-refractivity contribution in [3.05, 3.63) is 63.5 Å². The summed E-state index contributed by atoms with van der Waals surface area (Å²) in [5.74, 6) is 1.37. The quantitative estimate of drug-likeness (QED) is 0.680. The summed E-state index contributed by atoms with van der Waals surface area (Å²) in [5, 5.41) is 21.9. The standard InChI is InChI=1S/C20H17N3O4/c24-9-6-7-10(25)20-14-11-12-13(11)16(20)23-18(27)21(8-4-2-1-3-5-8)17(26)22(23)15(12)19(9,14)20/h1-7,9-16,24-25H/t9-,10+,11?,12-,13-,14?,15-,16-,19+,20-/m0/s1. The second kappa shape index (κ2) is 3.52. The van der Waals surface area contributed by atoms with Crippen molar-refractivity contribution in [2.45, 2.75) is 24.3 Å². The van der Waals surface area contributed by atoms with Crippen molar-refractivity contribution in [3.8, 4) is 5.69 Å². The predicted octanol–water partition coefficient (Wildman–Crippen LogP) is -0.320. The van der Waals surface area contributed by atoms with E-state index in [1.165, 1.54) is 4.57 Å². The molecule has 2 aliphatic heterocycles. The van der Waals surface area contributed by atoms with Gasteiger partial charge in [0.2, 0.25) is 0 Å². The number of rotatable bonds is 1. The van der Waals surface area contributed by atoms with Crippen LogP contribution in [0.15, 0.2) is 52.1 Å². The maximum absolute atomic E-state index is 13.4. The molecule has 2 spiro atoms. The first-order valence-corrected chi connectivity index (χ1v) is 9.65. The molecular formula is C20H17N3O4. The molecule has 0 amide bonds. The third-order valence-electron chi connectivity index (χ3n) is 8.98. The van der Waals surface area contributed by atoms with Gasteiger partial charge in [-0.3, -0.25) is 0 Å². The minimum absolute atomic E-state index is 0.192. The molecule has 7 aliphatic rings. The Balaban J connectivity index is 1.48. The van der Waals surface area contributed by atoms with Crippen molar-refractivity contribution in [1.29, 1.82) is 0 Å². The zero-order chi connectivity index (χ0) is 18.0. The number of aromatic nitrogens is 3. The van der Waals surface area contributed by atoms with Gasteiger partial charge in [0.15, 0.2) is 0 Å². The summed E-state index contributed by atoms with van der Waals surface area (Å²) in [5.41, 5.74) is -1.04. The van der Waals surface area contributed by atoms with Gasteiger partial charge >= 0.3 is 11.4 Å². The van der Waals surface area contributed by atoms with E-state index < -0.39 is 23.0 Å². The van der Waals surface area contributed by atoms with E-state index in [9.17, 15) is 19.8 Å². The lowest BCUT2D eigenvalue weighted by Gasteiger charge is -2.51. The van der Waals surface area contributed by atoms with Crippen LogP contribution in [0.25, 0.3) is 5.69 Å². The van der Waals surface area contributed by atoms with E-state index >= 15 is 0 Å². The minimum atomic E-state index is -0.664. The van der Waals surface area contributed by atoms with E-state index in [1.807, 2.05) is 18.2 Å². The molecule has 0 saturated heterocycles. The monoisotopic (exact) mass is 363 g/mol. The van der Waals surface area contributed by atoms with Gasteiger partial charge in [0.25, 0.3) is 0 Å². The molecule has 4 saturated carbocycles. The second-order valence-electron chi connectivity index (χ2n) is 9.17. The van der Waals surface area contributed by atoms with Crippen LogP contribution < -0.4 is 11.4 Å². The normalized spacial score (nSPS) is 53.3. The SMILES string of the molecule is O=c1n(-c2ccccc2)c(=O)n2n1[C@H]1[C@H]3C4C5[C@@]16[C@H](O)C=C[C@H](O)[C@]56[C@@H]2[C@@H]43. The maximum Gasteiger partial charge on any atom is 0.352 e. The topological polar surface area (TPSA) is 89.4 Å². The van der Waals surface area contributed by atoms with Gasteiger partial charge in [0.05, 0.1) is 30.0 Å². The molecule has 3 heterocycles. The third-order valence-corrected chi connectivity index (χ3v) is 8.98. The zero-order valence-electron chi connectivity index (χ0n) is 14.2. The molecule has 2 unspecified atom stereocenters. The van der Waals surface area contributed by atoms with Crippen molar-refractivity contribution >= 4 is 0 Å². The molecule has 2 bridgehead atoms. The van der Waals surface area contributed by atoms with E-state index in [4.69, 9.17) is 0 Å². The van der Waals surface area contributed by atoms with E-state index in [0.717, 1.165) is 0 Å². The van der Waals surface area contributed by atoms with Gasteiger partial charge in [0.1, 0.15) is 0 Å². The van der Waals surface area contributed by atoms with Crippen LogP contribution in [0.2, 0.25) is 0 Å². The van der Waals surface area contributed by atoms with Crippen LogP contribution in [-0.4, -0.2) is 36.4 Å². The van der Waals surface area contributed by atoms with Crippen molar-refractivity contribution in [1.82, 2.24) is 13.9 Å². The molecule has 4 fully saturated rings. The van der Waals surface area contributed by atoms with Crippen LogP contribution in [-0.2, 0) is 0 Å². The molecule has 2 N–H and O–H groups in total. The highest BCUT2D eigenvalue weighted by Gasteiger charge is 3.06. The Kier molecular flexibility index (Phi) is 1.79. The van der Waals surface area contributed by atoms with Crippen molar-refractivity contribution < 1.29 is 10.2 Å². The molecule has 0 radical (unpaired) electrons. The van der Waals surface area contributed by atoms with Crippen LogP contribution in [0, 0.1) is 34.5 Å². The molecule has 7 nitrogen and oxygen atoms in total. The smallest absolute Gasteiger partial charge is 0.352 e. The summed E-state index contributed by atoms with van der Waals surface area (Å²) in [6, 6.07) is 8.61. The second-order valence-corrected chi connectivity index (χ2v) is 9.17. The van der Waals surface area contributed by atoms with Gasteiger partial charge < -0.3 is 10.2 Å². The molecule has 136 valence electrons. The number of hydrogen-bond donors (Lipinski definition) is 2. The molecular weight excluding hydrogens is 346 g/mol. The summed E-state index contributed by atoms with van der Waals surface area (Å²) in [6.45, 7) is 0. The Bertz CT molecular complexity index is 1150. The number of para-hydroxylation sites is 1. The summed E-state index contributed by atoms with van der Waals surface area (Å²) < 4.78 is 4.53. The fourth-order valence-corrected chi connectivity index (χ4v) is 8.69. The lowest BCUT2D eigenvalue weighted by atomic mass is 9.64. The molecule has 2 aromatic rings. The van der Waals surface area contributed by atoms with Gasteiger partial charge in [-0.05, 0) is 35.8 Å². The van der Waals surface area contributed by atoms with Crippen molar-refractivity contribution in [3.63, 3.8) is 0 Å². The fraction of sp³-hybridized carbons (Fsp3) is 0.500. The minimum Gasteiger partial charge on any atom is -0.388 e. The van der Waals surface area contributed by atoms with E-state index in [2.05, 4.69) is 0 Å². The van der Waals surface area contributed by atoms with E-state index in [0.29, 0.717) is 23.4 Å². The molecule has 7 heteroatoms. The molecule has 1 aromatic heterocycles. The maximum atomic E-state index is 13.4. The third kappa shape index (κ3) is 0.953. The highest BCUT2D eigenvalue weighted by atomic mass is 16.3. The highest BCUT2D eigenvalue weighted by Crippen LogP contribution is 3.04. The predicted molar refractivity (Wildman–Crippen MR) is 92.3 cm³/mol. The van der Waals surface area contributed by atoms with Gasteiger partial charge in [-0.1, -0.05) is 30.4 Å². The molecule has 10 atom stereocenters. The first kappa shape index (κ1) is 13.7. The number of aliphatic hydroxyl groups excluding tert-OH is 2. The lowest BCUT2D eigenvalue weighted by molar-refractivity contribution is -0.0942. The van der Waals surface area contributed by atoms with Crippen LogP contribution in [0.1, 0.15) is 12.1 Å². The number of benzene rings is 1. The van der Waals surface area contributed by atoms with Gasteiger partial charge in [-0.25, -0.2) is 23.5 Å².